The number of nitrogens with one attached hydrogen (secondary N) is 2. The summed E-state index contributed by atoms with van der Waals surface area (Å²) in [6, 6.07) is 0. The first-order valence-electron chi connectivity index (χ1n) is 7.36. The Kier molecular flexibility index (Phi) is 4.93. The second kappa shape index (κ2) is 5.83. The summed E-state index contributed by atoms with van der Waals surface area (Å²) in [5.74, 6) is -0.474. The van der Waals surface area contributed by atoms with Crippen molar-refractivity contribution < 1.29 is 19.4 Å². The number of rotatable bonds is 3. The van der Waals surface area contributed by atoms with E-state index in [9.17, 15) is 14.7 Å². The molecule has 0 heterocycles. The molecule has 122 valence electrons. The second-order valence-corrected chi connectivity index (χ2v) is 7.78. The number of hydrogen-bond donors (Lipinski definition) is 3. The molecule has 0 aromatic carbocycles. The quantitative estimate of drug-likeness (QED) is 0.740. The van der Waals surface area contributed by atoms with Crippen molar-refractivity contribution in [3.63, 3.8) is 0 Å². The Balaban J connectivity index is 2.71. The van der Waals surface area contributed by atoms with Gasteiger partial charge in [-0.1, -0.05) is 0 Å². The number of carbonyl (C=O) groups excluding carboxylic acids is 2. The Bertz CT molecular complexity index is 403. The molecule has 6 heteroatoms. The van der Waals surface area contributed by atoms with Gasteiger partial charge >= 0.3 is 6.09 Å². The summed E-state index contributed by atoms with van der Waals surface area (Å²) >= 11 is 0. The number of aliphatic hydroxyl groups excluding tert-OH is 1. The molecule has 1 fully saturated rings. The highest BCUT2D eigenvalue weighted by molar-refractivity contribution is 5.84. The van der Waals surface area contributed by atoms with E-state index in [1.807, 2.05) is 20.8 Å². The molecule has 1 unspecified atom stereocenters. The summed E-state index contributed by atoms with van der Waals surface area (Å²) in [6.45, 7) is 10.8. The molecule has 1 saturated carbocycles. The van der Waals surface area contributed by atoms with Crippen LogP contribution >= 0.6 is 0 Å². The van der Waals surface area contributed by atoms with Crippen LogP contribution < -0.4 is 10.6 Å². The minimum absolute atomic E-state index is 0.436. The van der Waals surface area contributed by atoms with Crippen molar-refractivity contribution in [1.82, 2.24) is 10.6 Å². The van der Waals surface area contributed by atoms with Crippen LogP contribution in [0.25, 0.3) is 0 Å². The molecule has 0 aromatic heterocycles. The van der Waals surface area contributed by atoms with Crippen molar-refractivity contribution in [1.29, 1.82) is 0 Å². The average Bonchev–Trinajstić information content (AvgIpc) is 2.17. The SMILES string of the molecule is CC(C)(C)NC(=O)C(O)C1(NC(=O)OC(C)(C)C)CCC1. The maximum Gasteiger partial charge on any atom is 0.408 e. The van der Waals surface area contributed by atoms with Gasteiger partial charge in [-0.15, -0.1) is 0 Å². The molecule has 1 rings (SSSR count). The fourth-order valence-electron chi connectivity index (χ4n) is 2.22. The highest BCUT2D eigenvalue weighted by Gasteiger charge is 2.49. The van der Waals surface area contributed by atoms with Crippen LogP contribution in [0, 0.1) is 0 Å². The third kappa shape index (κ3) is 5.19. The third-order valence-electron chi connectivity index (χ3n) is 3.27. The van der Waals surface area contributed by atoms with Gasteiger partial charge in [0.2, 0.25) is 0 Å². The topological polar surface area (TPSA) is 87.7 Å². The number of carbonyl (C=O) groups is 2. The lowest BCUT2D eigenvalue weighted by Crippen LogP contribution is -2.66. The highest BCUT2D eigenvalue weighted by Crippen LogP contribution is 2.35. The van der Waals surface area contributed by atoms with E-state index < -0.39 is 34.8 Å². The molecule has 3 N–H and O–H groups in total. The van der Waals surface area contributed by atoms with Crippen molar-refractivity contribution in [2.45, 2.75) is 83.6 Å². The van der Waals surface area contributed by atoms with Crippen LogP contribution in [0.15, 0.2) is 0 Å². The van der Waals surface area contributed by atoms with Crippen molar-refractivity contribution >= 4 is 12.0 Å². The van der Waals surface area contributed by atoms with Crippen LogP contribution in [-0.4, -0.2) is 39.9 Å². The zero-order chi connectivity index (χ0) is 16.5. The Morgan fingerprint density at radius 3 is 2.00 bits per heavy atom. The van der Waals surface area contributed by atoms with Crippen LogP contribution in [0.2, 0.25) is 0 Å². The van der Waals surface area contributed by atoms with Crippen LogP contribution in [0.5, 0.6) is 0 Å². The molecule has 0 aliphatic heterocycles. The Morgan fingerprint density at radius 1 is 1.14 bits per heavy atom. The molecule has 1 aliphatic rings. The first kappa shape index (κ1) is 17.8. The van der Waals surface area contributed by atoms with Gasteiger partial charge in [-0.25, -0.2) is 4.79 Å². The van der Waals surface area contributed by atoms with E-state index in [1.165, 1.54) is 0 Å². The fourth-order valence-corrected chi connectivity index (χ4v) is 2.22. The minimum Gasteiger partial charge on any atom is -0.444 e. The zero-order valence-electron chi connectivity index (χ0n) is 13.9. The Morgan fingerprint density at radius 2 is 1.67 bits per heavy atom. The van der Waals surface area contributed by atoms with E-state index in [1.54, 1.807) is 20.8 Å². The van der Waals surface area contributed by atoms with Gasteiger partial charge in [0.05, 0.1) is 5.54 Å². The molecule has 0 saturated heterocycles. The van der Waals surface area contributed by atoms with E-state index in [-0.39, 0.29) is 0 Å². The van der Waals surface area contributed by atoms with Gasteiger partial charge in [-0.2, -0.15) is 0 Å². The number of alkyl carbamates (subject to hydrolysis) is 1. The van der Waals surface area contributed by atoms with Gasteiger partial charge in [-0.3, -0.25) is 4.79 Å². The van der Waals surface area contributed by atoms with Gasteiger partial charge in [0.15, 0.2) is 6.10 Å². The van der Waals surface area contributed by atoms with Crippen LogP contribution in [0.3, 0.4) is 0 Å². The lowest BCUT2D eigenvalue weighted by Gasteiger charge is -2.45. The normalized spacial score (nSPS) is 19.2. The Labute approximate surface area is 126 Å². The molecule has 0 spiro atoms. The Hall–Kier alpha value is -1.30. The van der Waals surface area contributed by atoms with E-state index in [2.05, 4.69) is 10.6 Å². The van der Waals surface area contributed by atoms with Crippen molar-refractivity contribution in [3.05, 3.63) is 0 Å². The summed E-state index contributed by atoms with van der Waals surface area (Å²) in [7, 11) is 0. The molecule has 21 heavy (non-hydrogen) atoms. The summed E-state index contributed by atoms with van der Waals surface area (Å²) in [6.07, 6.45) is 0.0915. The van der Waals surface area contributed by atoms with Gasteiger partial charge in [0.25, 0.3) is 5.91 Å². The monoisotopic (exact) mass is 300 g/mol. The molecule has 1 atom stereocenters. The van der Waals surface area contributed by atoms with Crippen LogP contribution in [0.4, 0.5) is 4.79 Å². The van der Waals surface area contributed by atoms with E-state index >= 15 is 0 Å². The predicted octanol–water partition coefficient (Wildman–Crippen LogP) is 1.71. The molecule has 0 radical (unpaired) electrons. The average molecular weight is 300 g/mol. The summed E-state index contributed by atoms with van der Waals surface area (Å²) in [5.41, 5.74) is -1.97. The van der Waals surface area contributed by atoms with Crippen molar-refractivity contribution in [3.8, 4) is 0 Å². The molecule has 1 aliphatic carbocycles. The molecule has 6 nitrogen and oxygen atoms in total. The molecule has 0 bridgehead atoms. The largest absolute Gasteiger partial charge is 0.444 e. The summed E-state index contributed by atoms with van der Waals surface area (Å²) < 4.78 is 5.21. The lowest BCUT2D eigenvalue weighted by atomic mass is 9.72. The van der Waals surface area contributed by atoms with Gasteiger partial charge in [-0.05, 0) is 60.8 Å². The maximum atomic E-state index is 12.1. The van der Waals surface area contributed by atoms with Crippen LogP contribution in [-0.2, 0) is 9.53 Å². The molecule has 0 aromatic rings. The van der Waals surface area contributed by atoms with Gasteiger partial charge in [0, 0.05) is 5.54 Å². The van der Waals surface area contributed by atoms with E-state index in [0.717, 1.165) is 6.42 Å². The molecule has 2 amide bonds. The first-order valence-corrected chi connectivity index (χ1v) is 7.36. The number of aliphatic hydroxyl groups is 1. The lowest BCUT2D eigenvalue weighted by molar-refractivity contribution is -0.138. The van der Waals surface area contributed by atoms with Crippen LogP contribution in [0.1, 0.15) is 60.8 Å². The van der Waals surface area contributed by atoms with E-state index in [0.29, 0.717) is 12.8 Å². The second-order valence-electron chi connectivity index (χ2n) is 7.78. The third-order valence-corrected chi connectivity index (χ3v) is 3.27. The first-order chi connectivity index (χ1) is 9.35. The molecular weight excluding hydrogens is 272 g/mol. The van der Waals surface area contributed by atoms with Gasteiger partial charge < -0.3 is 20.5 Å². The highest BCUT2D eigenvalue weighted by atomic mass is 16.6. The predicted molar refractivity (Wildman–Crippen MR) is 79.9 cm³/mol. The summed E-state index contributed by atoms with van der Waals surface area (Å²) in [5, 5.41) is 15.7. The number of ether oxygens (including phenoxy) is 1. The van der Waals surface area contributed by atoms with Crippen molar-refractivity contribution in [2.75, 3.05) is 0 Å². The fraction of sp³-hybridized carbons (Fsp3) is 0.867. The molecular formula is C15H28N2O4. The van der Waals surface area contributed by atoms with E-state index in [4.69, 9.17) is 4.74 Å². The summed E-state index contributed by atoms with van der Waals surface area (Å²) in [4.78, 5) is 24.0. The smallest absolute Gasteiger partial charge is 0.408 e. The van der Waals surface area contributed by atoms with Gasteiger partial charge in [0.1, 0.15) is 5.60 Å². The van der Waals surface area contributed by atoms with Crippen molar-refractivity contribution in [2.24, 2.45) is 0 Å². The maximum absolute atomic E-state index is 12.1. The zero-order valence-corrected chi connectivity index (χ0v) is 13.9. The number of amides is 2. The minimum atomic E-state index is -1.28. The standard InChI is InChI=1S/C15H28N2O4/c1-13(2,3)16-11(19)10(18)15(8-7-9-15)17-12(20)21-14(4,5)6/h10,18H,7-9H2,1-6H3,(H,16,19)(H,17,20). The number of hydrogen-bond acceptors (Lipinski definition) is 4.